The molecule has 6 rings (SSSR count). The van der Waals surface area contributed by atoms with E-state index in [1.54, 1.807) is 5.06 Å². The number of para-hydroxylation sites is 3. The number of amides is 2. The van der Waals surface area contributed by atoms with E-state index in [0.29, 0.717) is 5.69 Å². The largest absolute Gasteiger partial charge is 0.358 e. The molecule has 0 unspecified atom stereocenters. The summed E-state index contributed by atoms with van der Waals surface area (Å²) in [5.41, 5.74) is 5.24. The van der Waals surface area contributed by atoms with Crippen LogP contribution in [0, 0.1) is 19.8 Å². The lowest BCUT2D eigenvalue weighted by molar-refractivity contribution is -0.126. The summed E-state index contributed by atoms with van der Waals surface area (Å²) in [7, 11) is 0. The third-order valence-electron chi connectivity index (χ3n) is 6.72. The van der Waals surface area contributed by atoms with Gasteiger partial charge in [0.2, 0.25) is 5.91 Å². The van der Waals surface area contributed by atoms with Crippen molar-refractivity contribution in [2.75, 3.05) is 9.96 Å². The van der Waals surface area contributed by atoms with Gasteiger partial charge >= 0.3 is 0 Å². The molecule has 164 valence electrons. The molecule has 0 radical (unpaired) electrons. The number of benzene rings is 3. The number of fused-ring (bicyclic) bond motifs is 2. The Hall–Kier alpha value is -3.90. The van der Waals surface area contributed by atoms with Crippen molar-refractivity contribution in [2.24, 2.45) is 5.92 Å². The lowest BCUT2D eigenvalue weighted by atomic mass is 9.89. The highest BCUT2D eigenvalue weighted by atomic mass is 16.7. The maximum atomic E-state index is 13.9. The molecule has 2 aliphatic heterocycles. The number of aromatic nitrogens is 1. The van der Waals surface area contributed by atoms with Crippen molar-refractivity contribution in [3.8, 4) is 0 Å². The van der Waals surface area contributed by atoms with E-state index in [-0.39, 0.29) is 11.8 Å². The van der Waals surface area contributed by atoms with Gasteiger partial charge in [0.05, 0.1) is 17.4 Å². The lowest BCUT2D eigenvalue weighted by Gasteiger charge is -2.29. The second-order valence-electron chi connectivity index (χ2n) is 8.67. The van der Waals surface area contributed by atoms with Crippen LogP contribution < -0.4 is 9.96 Å². The van der Waals surface area contributed by atoms with Crippen LogP contribution >= 0.6 is 0 Å². The molecule has 0 bridgehead atoms. The zero-order valence-electron chi connectivity index (χ0n) is 18.4. The number of nitrogens with one attached hydrogen (secondary N) is 1. The predicted molar refractivity (Wildman–Crippen MR) is 127 cm³/mol. The summed E-state index contributed by atoms with van der Waals surface area (Å²) in [6.45, 7) is 3.91. The Labute approximate surface area is 191 Å². The molecule has 3 aromatic carbocycles. The standard InChI is InChI=1S/C27H23N3O3/c1-16-10-6-9-15-21(16)29-26(31)23-24(22-17(2)28-20-14-8-7-13-19(20)22)30(33-25(23)27(29)32)18-11-4-3-5-12-18/h3-15,23-25,28H,1-2H3/t23-,24+,25+/m0/s1. The first-order chi connectivity index (χ1) is 16.1. The molecule has 1 N–H and O–H groups in total. The van der Waals surface area contributed by atoms with Gasteiger partial charge in [-0.3, -0.25) is 14.4 Å². The molecule has 0 saturated carbocycles. The molecule has 2 amide bonds. The molecule has 0 spiro atoms. The van der Waals surface area contributed by atoms with Gasteiger partial charge in [-0.1, -0.05) is 54.6 Å². The fourth-order valence-electron chi connectivity index (χ4n) is 5.24. The summed E-state index contributed by atoms with van der Waals surface area (Å²) in [4.78, 5) is 38.4. The monoisotopic (exact) mass is 437 g/mol. The van der Waals surface area contributed by atoms with Crippen LogP contribution in [0.5, 0.6) is 0 Å². The summed E-state index contributed by atoms with van der Waals surface area (Å²) >= 11 is 0. The zero-order valence-corrected chi connectivity index (χ0v) is 18.4. The number of imide groups is 1. The normalized spacial score (nSPS) is 22.4. The first-order valence-corrected chi connectivity index (χ1v) is 11.1. The number of hydrogen-bond donors (Lipinski definition) is 1. The maximum absolute atomic E-state index is 13.9. The van der Waals surface area contributed by atoms with Crippen LogP contribution in [0.1, 0.15) is 22.9 Å². The van der Waals surface area contributed by atoms with Crippen molar-refractivity contribution in [2.45, 2.75) is 26.0 Å². The molecule has 1 aromatic heterocycles. The molecule has 2 fully saturated rings. The molecule has 2 aliphatic rings. The van der Waals surface area contributed by atoms with Crippen molar-refractivity contribution in [1.82, 2.24) is 4.98 Å². The minimum atomic E-state index is -0.879. The highest BCUT2D eigenvalue weighted by Crippen LogP contribution is 2.50. The van der Waals surface area contributed by atoms with Crippen molar-refractivity contribution >= 4 is 34.1 Å². The topological polar surface area (TPSA) is 65.6 Å². The van der Waals surface area contributed by atoms with Gasteiger partial charge in [0.15, 0.2) is 6.10 Å². The van der Waals surface area contributed by atoms with E-state index in [0.717, 1.165) is 33.4 Å². The molecule has 33 heavy (non-hydrogen) atoms. The average molecular weight is 437 g/mol. The van der Waals surface area contributed by atoms with E-state index < -0.39 is 18.1 Å². The van der Waals surface area contributed by atoms with Crippen LogP contribution in [-0.2, 0) is 14.4 Å². The van der Waals surface area contributed by atoms with Crippen LogP contribution in [-0.4, -0.2) is 22.9 Å². The van der Waals surface area contributed by atoms with Gasteiger partial charge in [-0.05, 0) is 43.7 Å². The highest BCUT2D eigenvalue weighted by molar-refractivity contribution is 6.24. The van der Waals surface area contributed by atoms with E-state index in [4.69, 9.17) is 4.84 Å². The maximum Gasteiger partial charge on any atom is 0.266 e. The summed E-state index contributed by atoms with van der Waals surface area (Å²) in [5, 5.41) is 2.78. The second kappa shape index (κ2) is 7.32. The number of carbonyl (C=O) groups excluding carboxylic acids is 2. The fraction of sp³-hybridized carbons (Fsp3) is 0.185. The zero-order chi connectivity index (χ0) is 22.7. The van der Waals surface area contributed by atoms with Crippen molar-refractivity contribution in [3.05, 3.63) is 95.7 Å². The van der Waals surface area contributed by atoms with Crippen molar-refractivity contribution in [3.63, 3.8) is 0 Å². The van der Waals surface area contributed by atoms with Gasteiger partial charge in [-0.2, -0.15) is 0 Å². The molecule has 6 heteroatoms. The summed E-state index contributed by atoms with van der Waals surface area (Å²) in [6, 6.07) is 24.7. The van der Waals surface area contributed by atoms with Gasteiger partial charge < -0.3 is 4.98 Å². The number of aryl methyl sites for hydroxylation is 2. The minimum Gasteiger partial charge on any atom is -0.358 e. The molecule has 4 aromatic rings. The third-order valence-corrected chi connectivity index (χ3v) is 6.72. The van der Waals surface area contributed by atoms with Gasteiger partial charge in [-0.15, -0.1) is 0 Å². The van der Waals surface area contributed by atoms with Gasteiger partial charge in [-0.25, -0.2) is 9.96 Å². The lowest BCUT2D eigenvalue weighted by Crippen LogP contribution is -2.37. The Kier molecular flexibility index (Phi) is 4.38. The fourth-order valence-corrected chi connectivity index (χ4v) is 5.24. The first-order valence-electron chi connectivity index (χ1n) is 11.1. The smallest absolute Gasteiger partial charge is 0.266 e. The van der Waals surface area contributed by atoms with Crippen LogP contribution in [0.25, 0.3) is 10.9 Å². The van der Waals surface area contributed by atoms with Gasteiger partial charge in [0, 0.05) is 22.2 Å². The van der Waals surface area contributed by atoms with E-state index in [1.807, 2.05) is 92.7 Å². The number of nitrogens with zero attached hydrogens (tertiary/aromatic N) is 2. The van der Waals surface area contributed by atoms with Crippen LogP contribution in [0.2, 0.25) is 0 Å². The Balaban J connectivity index is 1.53. The number of rotatable bonds is 3. The van der Waals surface area contributed by atoms with Crippen molar-refractivity contribution < 1.29 is 14.4 Å². The quantitative estimate of drug-likeness (QED) is 0.466. The number of anilines is 2. The summed E-state index contributed by atoms with van der Waals surface area (Å²) < 4.78 is 0. The van der Waals surface area contributed by atoms with E-state index in [9.17, 15) is 9.59 Å². The SMILES string of the molecule is Cc1ccccc1N1C(=O)[C@H]2[C@@H](c3c(C)[nH]c4ccccc34)N(c3ccccc3)O[C@H]2C1=O. The third kappa shape index (κ3) is 2.84. The van der Waals surface area contributed by atoms with Crippen LogP contribution in [0.15, 0.2) is 78.9 Å². The Morgan fingerprint density at radius 2 is 1.52 bits per heavy atom. The Morgan fingerprint density at radius 1 is 0.818 bits per heavy atom. The molecule has 6 nitrogen and oxygen atoms in total. The van der Waals surface area contributed by atoms with Gasteiger partial charge in [0.1, 0.15) is 5.92 Å². The highest BCUT2D eigenvalue weighted by Gasteiger charge is 2.61. The molecule has 3 heterocycles. The predicted octanol–water partition coefficient (Wildman–Crippen LogP) is 4.84. The molecular formula is C27H23N3O3. The molecule has 3 atom stereocenters. The van der Waals surface area contributed by atoms with Crippen LogP contribution in [0.4, 0.5) is 11.4 Å². The molecular weight excluding hydrogens is 414 g/mol. The number of carbonyl (C=O) groups is 2. The Bertz CT molecular complexity index is 1390. The first kappa shape index (κ1) is 19.8. The van der Waals surface area contributed by atoms with Crippen LogP contribution in [0.3, 0.4) is 0 Å². The second-order valence-corrected chi connectivity index (χ2v) is 8.67. The number of hydrogen-bond acceptors (Lipinski definition) is 4. The average Bonchev–Trinajstić information content (AvgIpc) is 3.44. The molecule has 2 saturated heterocycles. The van der Waals surface area contributed by atoms with E-state index in [2.05, 4.69) is 4.98 Å². The minimum absolute atomic E-state index is 0.229. The van der Waals surface area contributed by atoms with Crippen molar-refractivity contribution in [1.29, 1.82) is 0 Å². The summed E-state index contributed by atoms with van der Waals surface area (Å²) in [5.74, 6) is -1.21. The molecule has 0 aliphatic carbocycles. The number of aromatic amines is 1. The number of hydroxylamine groups is 1. The van der Waals surface area contributed by atoms with E-state index in [1.165, 1.54) is 4.90 Å². The Morgan fingerprint density at radius 3 is 2.30 bits per heavy atom. The van der Waals surface area contributed by atoms with E-state index >= 15 is 0 Å². The van der Waals surface area contributed by atoms with Gasteiger partial charge in [0.25, 0.3) is 5.91 Å². The number of H-pyrrole nitrogens is 1. The summed E-state index contributed by atoms with van der Waals surface area (Å²) in [6.07, 6.45) is -0.879.